The highest BCUT2D eigenvalue weighted by atomic mass is 32.2. The Morgan fingerprint density at radius 3 is 2.57 bits per heavy atom. The summed E-state index contributed by atoms with van der Waals surface area (Å²) in [5, 5.41) is -0.931. The molecule has 1 heterocycles. The van der Waals surface area contributed by atoms with E-state index in [1.54, 1.807) is 0 Å². The standard InChI is InChI=1S/C2H6N4S/c3-2(4)5-1-6-7-2/h1H,3-4H2,(H,5,6). The molecule has 0 fully saturated rings. The number of nitrogens with one attached hydrogen (secondary N) is 1. The van der Waals surface area contributed by atoms with Crippen LogP contribution in [0.15, 0.2) is 4.99 Å². The Morgan fingerprint density at radius 2 is 2.43 bits per heavy atom. The minimum atomic E-state index is -0.931. The highest BCUT2D eigenvalue weighted by molar-refractivity contribution is 7.99. The summed E-state index contributed by atoms with van der Waals surface area (Å²) in [5.74, 6) is 0. The zero-order valence-corrected chi connectivity index (χ0v) is 4.40. The van der Waals surface area contributed by atoms with Gasteiger partial charge in [-0.15, -0.1) is 0 Å². The van der Waals surface area contributed by atoms with Crippen molar-refractivity contribution in [2.45, 2.75) is 5.12 Å². The topological polar surface area (TPSA) is 76.4 Å². The van der Waals surface area contributed by atoms with Gasteiger partial charge in [0, 0.05) is 11.9 Å². The van der Waals surface area contributed by atoms with Crippen molar-refractivity contribution < 1.29 is 0 Å². The normalized spacial score (nSPS) is 24.9. The van der Waals surface area contributed by atoms with Gasteiger partial charge >= 0.3 is 0 Å². The maximum atomic E-state index is 5.26. The molecule has 0 amide bonds. The second-order valence-electron chi connectivity index (χ2n) is 1.23. The van der Waals surface area contributed by atoms with E-state index in [1.807, 2.05) is 0 Å². The summed E-state index contributed by atoms with van der Waals surface area (Å²) in [6.07, 6.45) is 1.48. The maximum absolute atomic E-state index is 5.26. The highest BCUT2D eigenvalue weighted by Crippen LogP contribution is 2.12. The average Bonchev–Trinajstić information content (AvgIpc) is 1.84. The van der Waals surface area contributed by atoms with E-state index >= 15 is 0 Å². The summed E-state index contributed by atoms with van der Waals surface area (Å²) >= 11 is 1.18. The molecular weight excluding hydrogens is 112 g/mol. The molecule has 1 aliphatic heterocycles. The fraction of sp³-hybridized carbons (Fsp3) is 0.500. The Kier molecular flexibility index (Phi) is 0.949. The van der Waals surface area contributed by atoms with Gasteiger partial charge < -0.3 is 4.72 Å². The lowest BCUT2D eigenvalue weighted by Crippen LogP contribution is -2.42. The Balaban J connectivity index is 2.57. The Bertz CT molecular complexity index is 97.9. The van der Waals surface area contributed by atoms with Crippen molar-refractivity contribution in [2.75, 3.05) is 0 Å². The molecule has 4 nitrogen and oxygen atoms in total. The maximum Gasteiger partial charge on any atom is 0.229 e. The molecular formula is C2H6N4S. The fourth-order valence-electron chi connectivity index (χ4n) is 0.274. The largest absolute Gasteiger partial charge is 0.316 e. The van der Waals surface area contributed by atoms with Crippen LogP contribution in [0.1, 0.15) is 0 Å². The van der Waals surface area contributed by atoms with E-state index in [1.165, 1.54) is 18.3 Å². The number of hydrogen-bond acceptors (Lipinski definition) is 5. The van der Waals surface area contributed by atoms with Gasteiger partial charge in [0.15, 0.2) is 0 Å². The van der Waals surface area contributed by atoms with Gasteiger partial charge in [-0.05, 0) is 0 Å². The van der Waals surface area contributed by atoms with Crippen molar-refractivity contribution in [3.05, 3.63) is 0 Å². The monoisotopic (exact) mass is 118 g/mol. The van der Waals surface area contributed by atoms with Crippen LogP contribution in [0, 0.1) is 0 Å². The van der Waals surface area contributed by atoms with E-state index in [9.17, 15) is 0 Å². The molecule has 1 rings (SSSR count). The van der Waals surface area contributed by atoms with Gasteiger partial charge in [0.2, 0.25) is 5.12 Å². The van der Waals surface area contributed by atoms with Crippen molar-refractivity contribution in [1.82, 2.24) is 4.72 Å². The quantitative estimate of drug-likeness (QED) is 0.276. The lowest BCUT2D eigenvalue weighted by Gasteiger charge is -2.08. The van der Waals surface area contributed by atoms with Gasteiger partial charge in [-0.1, -0.05) is 0 Å². The first-order valence-electron chi connectivity index (χ1n) is 1.76. The highest BCUT2D eigenvalue weighted by Gasteiger charge is 2.20. The molecule has 0 saturated carbocycles. The first-order valence-corrected chi connectivity index (χ1v) is 2.57. The van der Waals surface area contributed by atoms with Crippen molar-refractivity contribution in [3.63, 3.8) is 0 Å². The van der Waals surface area contributed by atoms with E-state index < -0.39 is 5.12 Å². The average molecular weight is 118 g/mol. The molecule has 0 saturated heterocycles. The summed E-state index contributed by atoms with van der Waals surface area (Å²) in [4.78, 5) is 3.65. The van der Waals surface area contributed by atoms with Crippen molar-refractivity contribution in [1.29, 1.82) is 0 Å². The fourth-order valence-corrected chi connectivity index (χ4v) is 0.674. The third-order valence-electron chi connectivity index (χ3n) is 0.541. The molecule has 40 valence electrons. The minimum absolute atomic E-state index is 0.931. The van der Waals surface area contributed by atoms with Crippen LogP contribution in [0.5, 0.6) is 0 Å². The number of nitrogens with two attached hydrogens (primary N) is 2. The van der Waals surface area contributed by atoms with E-state index in [0.29, 0.717) is 0 Å². The summed E-state index contributed by atoms with van der Waals surface area (Å²) in [6.45, 7) is 0. The van der Waals surface area contributed by atoms with Crippen molar-refractivity contribution in [2.24, 2.45) is 16.5 Å². The van der Waals surface area contributed by atoms with Crippen LogP contribution in [0.4, 0.5) is 0 Å². The molecule has 5 N–H and O–H groups in total. The van der Waals surface area contributed by atoms with Gasteiger partial charge in [-0.3, -0.25) is 11.5 Å². The second-order valence-corrected chi connectivity index (χ2v) is 2.32. The third-order valence-corrected chi connectivity index (χ3v) is 1.20. The summed E-state index contributed by atoms with van der Waals surface area (Å²) in [5.41, 5.74) is 10.5. The zero-order chi connectivity index (χ0) is 5.33. The molecule has 0 atom stereocenters. The summed E-state index contributed by atoms with van der Waals surface area (Å²) in [6, 6.07) is 0. The van der Waals surface area contributed by atoms with Crippen LogP contribution in [0.3, 0.4) is 0 Å². The van der Waals surface area contributed by atoms with Gasteiger partial charge in [-0.2, -0.15) is 0 Å². The molecule has 7 heavy (non-hydrogen) atoms. The van der Waals surface area contributed by atoms with Crippen LogP contribution in [-0.4, -0.2) is 11.5 Å². The minimum Gasteiger partial charge on any atom is -0.316 e. The smallest absolute Gasteiger partial charge is 0.229 e. The Hall–Kier alpha value is -0.260. The van der Waals surface area contributed by atoms with Gasteiger partial charge in [0.1, 0.15) is 0 Å². The predicted octanol–water partition coefficient (Wildman–Crippen LogP) is -1.21. The van der Waals surface area contributed by atoms with Gasteiger partial charge in [0.05, 0.1) is 6.34 Å². The van der Waals surface area contributed by atoms with E-state index in [-0.39, 0.29) is 0 Å². The predicted molar refractivity (Wildman–Crippen MR) is 30.3 cm³/mol. The van der Waals surface area contributed by atoms with E-state index in [0.717, 1.165) is 0 Å². The molecule has 0 spiro atoms. The number of nitrogens with zero attached hydrogens (tertiary/aromatic N) is 1. The first-order chi connectivity index (χ1) is 3.21. The Morgan fingerprint density at radius 1 is 1.71 bits per heavy atom. The molecule has 0 aromatic rings. The first kappa shape index (κ1) is 4.89. The molecule has 0 aromatic carbocycles. The van der Waals surface area contributed by atoms with Gasteiger partial charge in [0.25, 0.3) is 0 Å². The SMILES string of the molecule is NC1(N)N=CNS1. The van der Waals surface area contributed by atoms with E-state index in [4.69, 9.17) is 11.5 Å². The summed E-state index contributed by atoms with van der Waals surface area (Å²) < 4.78 is 2.69. The van der Waals surface area contributed by atoms with Crippen LogP contribution >= 0.6 is 11.9 Å². The van der Waals surface area contributed by atoms with Crippen LogP contribution in [0.25, 0.3) is 0 Å². The molecule has 0 aromatic heterocycles. The molecule has 1 aliphatic rings. The number of rotatable bonds is 0. The molecule has 0 radical (unpaired) electrons. The van der Waals surface area contributed by atoms with Crippen LogP contribution < -0.4 is 16.2 Å². The zero-order valence-electron chi connectivity index (χ0n) is 3.59. The van der Waals surface area contributed by atoms with Crippen LogP contribution in [0.2, 0.25) is 0 Å². The van der Waals surface area contributed by atoms with Crippen molar-refractivity contribution >= 4 is 18.3 Å². The Labute approximate surface area is 45.5 Å². The molecule has 0 aliphatic carbocycles. The van der Waals surface area contributed by atoms with Gasteiger partial charge in [-0.25, -0.2) is 4.99 Å². The van der Waals surface area contributed by atoms with Crippen molar-refractivity contribution in [3.8, 4) is 0 Å². The molecule has 0 bridgehead atoms. The second kappa shape index (κ2) is 1.36. The van der Waals surface area contributed by atoms with Crippen LogP contribution in [-0.2, 0) is 0 Å². The lowest BCUT2D eigenvalue weighted by molar-refractivity contribution is 0.694. The number of aliphatic imine (C=N–C) groups is 1. The lowest BCUT2D eigenvalue weighted by atomic mass is 10.9. The van der Waals surface area contributed by atoms with E-state index in [2.05, 4.69) is 9.71 Å². The number of hydrogen-bond donors (Lipinski definition) is 3. The summed E-state index contributed by atoms with van der Waals surface area (Å²) in [7, 11) is 0. The third kappa shape index (κ3) is 1.05. The molecule has 5 heteroatoms. The molecule has 0 unspecified atom stereocenters.